The SMILES string of the molecule is CCOc1ccccc1C(=O)NC[C@]1(O)CCc2ccccc2C1. The Morgan fingerprint density at radius 3 is 2.67 bits per heavy atom. The zero-order valence-electron chi connectivity index (χ0n) is 13.9. The summed E-state index contributed by atoms with van der Waals surface area (Å²) in [4.78, 5) is 12.5. The molecule has 24 heavy (non-hydrogen) atoms. The van der Waals surface area contributed by atoms with Crippen LogP contribution < -0.4 is 10.1 Å². The van der Waals surface area contributed by atoms with Crippen molar-refractivity contribution in [1.29, 1.82) is 0 Å². The highest BCUT2D eigenvalue weighted by Crippen LogP contribution is 2.28. The monoisotopic (exact) mass is 325 g/mol. The Kier molecular flexibility index (Phi) is 4.86. The molecular weight excluding hydrogens is 302 g/mol. The van der Waals surface area contributed by atoms with Gasteiger partial charge in [0.15, 0.2) is 0 Å². The van der Waals surface area contributed by atoms with E-state index in [1.54, 1.807) is 12.1 Å². The molecule has 0 aromatic heterocycles. The Balaban J connectivity index is 1.67. The second-order valence-electron chi connectivity index (χ2n) is 6.28. The number of hydrogen-bond acceptors (Lipinski definition) is 3. The fourth-order valence-corrected chi connectivity index (χ4v) is 3.21. The minimum absolute atomic E-state index is 0.216. The van der Waals surface area contributed by atoms with Crippen LogP contribution in [0.3, 0.4) is 0 Å². The molecule has 0 aliphatic heterocycles. The van der Waals surface area contributed by atoms with Crippen molar-refractivity contribution >= 4 is 5.91 Å². The normalized spacial score (nSPS) is 19.4. The molecule has 3 rings (SSSR count). The number of para-hydroxylation sites is 1. The third-order valence-electron chi connectivity index (χ3n) is 4.51. The van der Waals surface area contributed by atoms with Crippen LogP contribution in [0.25, 0.3) is 0 Å². The van der Waals surface area contributed by atoms with Gasteiger partial charge in [-0.1, -0.05) is 36.4 Å². The van der Waals surface area contributed by atoms with Crippen molar-refractivity contribution in [3.8, 4) is 5.75 Å². The van der Waals surface area contributed by atoms with E-state index in [0.29, 0.717) is 30.8 Å². The highest BCUT2D eigenvalue weighted by atomic mass is 16.5. The summed E-state index contributed by atoms with van der Waals surface area (Å²) in [7, 11) is 0. The van der Waals surface area contributed by atoms with E-state index in [0.717, 1.165) is 12.0 Å². The second kappa shape index (κ2) is 7.05. The summed E-state index contributed by atoms with van der Waals surface area (Å²) in [5, 5.41) is 13.7. The Hall–Kier alpha value is -2.33. The molecule has 4 heteroatoms. The van der Waals surface area contributed by atoms with Gasteiger partial charge in [-0.2, -0.15) is 0 Å². The van der Waals surface area contributed by atoms with Crippen molar-refractivity contribution in [2.45, 2.75) is 31.8 Å². The zero-order valence-corrected chi connectivity index (χ0v) is 13.9. The van der Waals surface area contributed by atoms with Crippen molar-refractivity contribution in [1.82, 2.24) is 5.32 Å². The van der Waals surface area contributed by atoms with E-state index in [1.165, 1.54) is 5.56 Å². The predicted molar refractivity (Wildman–Crippen MR) is 93.4 cm³/mol. The van der Waals surface area contributed by atoms with Crippen molar-refractivity contribution in [3.63, 3.8) is 0 Å². The number of carbonyl (C=O) groups is 1. The van der Waals surface area contributed by atoms with Crippen LogP contribution in [0.1, 0.15) is 34.8 Å². The molecule has 1 aliphatic carbocycles. The summed E-state index contributed by atoms with van der Waals surface area (Å²) in [5.74, 6) is 0.352. The molecule has 0 bridgehead atoms. The fraction of sp³-hybridized carbons (Fsp3) is 0.350. The van der Waals surface area contributed by atoms with E-state index in [-0.39, 0.29) is 12.5 Å². The molecule has 2 N–H and O–H groups in total. The number of aryl methyl sites for hydroxylation is 1. The van der Waals surface area contributed by atoms with E-state index in [1.807, 2.05) is 37.3 Å². The Morgan fingerprint density at radius 2 is 1.88 bits per heavy atom. The quantitative estimate of drug-likeness (QED) is 0.889. The van der Waals surface area contributed by atoms with E-state index in [4.69, 9.17) is 4.74 Å². The molecular formula is C20H23NO3. The van der Waals surface area contributed by atoms with Gasteiger partial charge in [-0.25, -0.2) is 0 Å². The molecule has 0 saturated carbocycles. The van der Waals surface area contributed by atoms with E-state index < -0.39 is 5.60 Å². The molecule has 1 atom stereocenters. The van der Waals surface area contributed by atoms with E-state index >= 15 is 0 Å². The van der Waals surface area contributed by atoms with Crippen LogP contribution >= 0.6 is 0 Å². The van der Waals surface area contributed by atoms with Crippen molar-refractivity contribution in [3.05, 3.63) is 65.2 Å². The van der Waals surface area contributed by atoms with Crippen LogP contribution in [0.2, 0.25) is 0 Å². The molecule has 2 aromatic rings. The largest absolute Gasteiger partial charge is 0.493 e. The van der Waals surface area contributed by atoms with Crippen molar-refractivity contribution in [2.24, 2.45) is 0 Å². The van der Waals surface area contributed by atoms with Gasteiger partial charge in [-0.05, 0) is 43.0 Å². The van der Waals surface area contributed by atoms with Crippen LogP contribution in [0.4, 0.5) is 0 Å². The molecule has 2 aromatic carbocycles. The zero-order chi connectivity index (χ0) is 17.0. The van der Waals surface area contributed by atoms with Gasteiger partial charge in [0, 0.05) is 13.0 Å². The number of carbonyl (C=O) groups excluding carboxylic acids is 1. The number of hydrogen-bond donors (Lipinski definition) is 2. The minimum Gasteiger partial charge on any atom is -0.493 e. The lowest BCUT2D eigenvalue weighted by Gasteiger charge is -2.33. The number of rotatable bonds is 5. The Labute approximate surface area is 142 Å². The smallest absolute Gasteiger partial charge is 0.255 e. The van der Waals surface area contributed by atoms with Crippen molar-refractivity contribution < 1.29 is 14.6 Å². The number of amides is 1. The summed E-state index contributed by atoms with van der Waals surface area (Å²) in [5.41, 5.74) is 2.05. The molecule has 126 valence electrons. The minimum atomic E-state index is -0.898. The highest BCUT2D eigenvalue weighted by Gasteiger charge is 2.32. The van der Waals surface area contributed by atoms with Crippen LogP contribution in [0.15, 0.2) is 48.5 Å². The second-order valence-corrected chi connectivity index (χ2v) is 6.28. The van der Waals surface area contributed by atoms with Gasteiger partial charge in [0.25, 0.3) is 5.91 Å². The maximum atomic E-state index is 12.5. The molecule has 1 aliphatic rings. The summed E-state index contributed by atoms with van der Waals surface area (Å²) < 4.78 is 5.50. The standard InChI is InChI=1S/C20H23NO3/c1-2-24-18-10-6-5-9-17(18)19(22)21-14-20(23)12-11-15-7-3-4-8-16(15)13-20/h3-10,23H,2,11-14H2,1H3,(H,21,22)/t20-/m0/s1. The van der Waals surface area contributed by atoms with Gasteiger partial charge in [0.05, 0.1) is 17.8 Å². The number of fused-ring (bicyclic) bond motifs is 1. The first-order valence-electron chi connectivity index (χ1n) is 8.40. The Morgan fingerprint density at radius 1 is 1.17 bits per heavy atom. The van der Waals surface area contributed by atoms with Crippen LogP contribution in [0.5, 0.6) is 5.75 Å². The third kappa shape index (κ3) is 3.60. The third-order valence-corrected chi connectivity index (χ3v) is 4.51. The first kappa shape index (κ1) is 16.5. The van der Waals surface area contributed by atoms with Gasteiger partial charge in [-0.3, -0.25) is 4.79 Å². The highest BCUT2D eigenvalue weighted by molar-refractivity contribution is 5.96. The van der Waals surface area contributed by atoms with Gasteiger partial charge in [-0.15, -0.1) is 0 Å². The molecule has 0 unspecified atom stereocenters. The lowest BCUT2D eigenvalue weighted by Crippen LogP contribution is -2.46. The summed E-state index contributed by atoms with van der Waals surface area (Å²) in [6, 6.07) is 15.3. The number of nitrogens with one attached hydrogen (secondary N) is 1. The topological polar surface area (TPSA) is 58.6 Å². The molecule has 0 heterocycles. The summed E-state index contributed by atoms with van der Waals surface area (Å²) in [6.07, 6.45) is 2.05. The lowest BCUT2D eigenvalue weighted by atomic mass is 9.80. The van der Waals surface area contributed by atoms with Crippen LogP contribution in [-0.4, -0.2) is 29.8 Å². The molecule has 4 nitrogen and oxygen atoms in total. The Bertz CT molecular complexity index is 728. The number of ether oxygens (including phenoxy) is 1. The average Bonchev–Trinajstić information content (AvgIpc) is 2.60. The average molecular weight is 325 g/mol. The molecule has 0 saturated heterocycles. The van der Waals surface area contributed by atoms with Crippen LogP contribution in [0, 0.1) is 0 Å². The first-order chi connectivity index (χ1) is 11.6. The van der Waals surface area contributed by atoms with Crippen molar-refractivity contribution in [2.75, 3.05) is 13.2 Å². The summed E-state index contributed by atoms with van der Waals surface area (Å²) in [6.45, 7) is 2.63. The van der Waals surface area contributed by atoms with Gasteiger partial charge in [0.2, 0.25) is 0 Å². The maximum Gasteiger partial charge on any atom is 0.255 e. The maximum absolute atomic E-state index is 12.5. The first-order valence-corrected chi connectivity index (χ1v) is 8.40. The van der Waals surface area contributed by atoms with Gasteiger partial charge in [0.1, 0.15) is 5.75 Å². The van der Waals surface area contributed by atoms with Gasteiger partial charge >= 0.3 is 0 Å². The lowest BCUT2D eigenvalue weighted by molar-refractivity contribution is 0.0259. The number of aliphatic hydroxyl groups is 1. The van der Waals surface area contributed by atoms with Gasteiger partial charge < -0.3 is 15.2 Å². The molecule has 0 fully saturated rings. The summed E-state index contributed by atoms with van der Waals surface area (Å²) >= 11 is 0. The van der Waals surface area contributed by atoms with E-state index in [9.17, 15) is 9.90 Å². The predicted octanol–water partition coefficient (Wildman–Crippen LogP) is 2.74. The molecule has 0 spiro atoms. The van der Waals surface area contributed by atoms with Crippen LogP contribution in [-0.2, 0) is 12.8 Å². The molecule has 0 radical (unpaired) electrons. The van der Waals surface area contributed by atoms with E-state index in [2.05, 4.69) is 11.4 Å². The number of benzene rings is 2. The fourth-order valence-electron chi connectivity index (χ4n) is 3.21. The molecule has 1 amide bonds.